The van der Waals surface area contributed by atoms with Crippen LogP contribution in [0.15, 0.2) is 18.2 Å². The molecule has 0 fully saturated rings. The zero-order valence-electron chi connectivity index (χ0n) is 7.14. The van der Waals surface area contributed by atoms with E-state index >= 15 is 0 Å². The van der Waals surface area contributed by atoms with Crippen LogP contribution in [0.1, 0.15) is 19.4 Å². The summed E-state index contributed by atoms with van der Waals surface area (Å²) in [4.78, 5) is 11.4. The van der Waals surface area contributed by atoms with Gasteiger partial charge < -0.3 is 5.32 Å². The van der Waals surface area contributed by atoms with Crippen LogP contribution in [0, 0.1) is 6.07 Å². The molecule has 0 bridgehead atoms. The number of amides is 1. The lowest BCUT2D eigenvalue weighted by Gasteiger charge is -2.14. The Bertz CT molecular complexity index is 341. The van der Waals surface area contributed by atoms with Crippen molar-refractivity contribution in [1.82, 2.24) is 0 Å². The summed E-state index contributed by atoms with van der Waals surface area (Å²) in [6, 6.07) is 8.67. The first kappa shape index (κ1) is 7.35. The number of para-hydroxylation sites is 1. The number of rotatable bonds is 0. The van der Waals surface area contributed by atoms with Crippen molar-refractivity contribution >= 4 is 11.6 Å². The summed E-state index contributed by atoms with van der Waals surface area (Å²) in [7, 11) is 0. The summed E-state index contributed by atoms with van der Waals surface area (Å²) < 4.78 is 0. The highest BCUT2D eigenvalue weighted by Crippen LogP contribution is 2.36. The molecule has 2 nitrogen and oxygen atoms in total. The molecule has 0 atom stereocenters. The lowest BCUT2D eigenvalue weighted by atomic mass is 9.86. The van der Waals surface area contributed by atoms with Crippen LogP contribution in [-0.2, 0) is 10.2 Å². The van der Waals surface area contributed by atoms with Gasteiger partial charge in [-0.15, -0.1) is 0 Å². The lowest BCUT2D eigenvalue weighted by Crippen LogP contribution is -2.26. The fraction of sp³-hybridized carbons (Fsp3) is 0.300. The number of nitrogens with one attached hydrogen (secondary N) is 1. The highest BCUT2D eigenvalue weighted by Gasteiger charge is 2.37. The Morgan fingerprint density at radius 1 is 1.50 bits per heavy atom. The van der Waals surface area contributed by atoms with E-state index in [1.807, 2.05) is 26.0 Å². The summed E-state index contributed by atoms with van der Waals surface area (Å²) in [6.07, 6.45) is 0. The number of hydrogen-bond acceptors (Lipinski definition) is 1. The van der Waals surface area contributed by atoms with Gasteiger partial charge in [0.15, 0.2) is 0 Å². The van der Waals surface area contributed by atoms with Crippen LogP contribution in [0.4, 0.5) is 5.69 Å². The minimum absolute atomic E-state index is 0.0555. The first-order valence-electron chi connectivity index (χ1n) is 3.95. The molecule has 1 aliphatic rings. The van der Waals surface area contributed by atoms with E-state index in [0.717, 1.165) is 11.3 Å². The molecule has 2 rings (SSSR count). The van der Waals surface area contributed by atoms with Crippen LogP contribution >= 0.6 is 0 Å². The quantitative estimate of drug-likeness (QED) is 0.615. The average molecular weight is 160 g/mol. The Hall–Kier alpha value is -1.31. The van der Waals surface area contributed by atoms with Gasteiger partial charge in [-0.25, -0.2) is 0 Å². The van der Waals surface area contributed by atoms with E-state index in [1.54, 1.807) is 6.07 Å². The van der Waals surface area contributed by atoms with Gasteiger partial charge in [0, 0.05) is 6.07 Å². The van der Waals surface area contributed by atoms with Crippen molar-refractivity contribution in [2.24, 2.45) is 0 Å². The Kier molecular flexibility index (Phi) is 1.28. The van der Waals surface area contributed by atoms with Crippen molar-refractivity contribution in [3.05, 3.63) is 29.8 Å². The lowest BCUT2D eigenvalue weighted by molar-refractivity contribution is -0.119. The summed E-state index contributed by atoms with van der Waals surface area (Å²) in [6.45, 7) is 3.84. The van der Waals surface area contributed by atoms with Gasteiger partial charge >= 0.3 is 0 Å². The molecule has 0 aromatic heterocycles. The maximum absolute atomic E-state index is 11.4. The van der Waals surface area contributed by atoms with Crippen molar-refractivity contribution in [2.45, 2.75) is 19.3 Å². The van der Waals surface area contributed by atoms with E-state index < -0.39 is 5.41 Å². The molecule has 12 heavy (non-hydrogen) atoms. The van der Waals surface area contributed by atoms with Crippen LogP contribution in [-0.4, -0.2) is 5.91 Å². The molecular formula is C10H10NO. The second-order valence-corrected chi connectivity index (χ2v) is 3.54. The molecule has 0 saturated carbocycles. The fourth-order valence-electron chi connectivity index (χ4n) is 1.45. The van der Waals surface area contributed by atoms with Crippen molar-refractivity contribution in [3.8, 4) is 0 Å². The largest absolute Gasteiger partial charge is 0.324 e. The van der Waals surface area contributed by atoms with Gasteiger partial charge in [0.05, 0.1) is 11.1 Å². The first-order valence-corrected chi connectivity index (χ1v) is 3.95. The second-order valence-electron chi connectivity index (χ2n) is 3.54. The predicted octanol–water partition coefficient (Wildman–Crippen LogP) is 1.72. The molecule has 1 amide bonds. The number of carbonyl (C=O) groups excluding carboxylic acids is 1. The molecule has 1 N–H and O–H groups in total. The maximum Gasteiger partial charge on any atom is 0.234 e. The minimum Gasteiger partial charge on any atom is -0.324 e. The fourth-order valence-corrected chi connectivity index (χ4v) is 1.45. The normalized spacial score (nSPS) is 18.7. The van der Waals surface area contributed by atoms with Crippen LogP contribution < -0.4 is 5.32 Å². The summed E-state index contributed by atoms with van der Waals surface area (Å²) in [5, 5.41) is 2.79. The van der Waals surface area contributed by atoms with Gasteiger partial charge in [-0.05, 0) is 19.4 Å². The third-order valence-corrected chi connectivity index (χ3v) is 2.34. The Labute approximate surface area is 71.6 Å². The predicted molar refractivity (Wildman–Crippen MR) is 46.9 cm³/mol. The molecule has 0 unspecified atom stereocenters. The maximum atomic E-state index is 11.4. The van der Waals surface area contributed by atoms with Crippen molar-refractivity contribution in [1.29, 1.82) is 0 Å². The van der Waals surface area contributed by atoms with Crippen LogP contribution in [0.3, 0.4) is 0 Å². The molecule has 0 spiro atoms. The van der Waals surface area contributed by atoms with Gasteiger partial charge in [0.1, 0.15) is 0 Å². The molecule has 2 heteroatoms. The molecule has 1 aliphatic heterocycles. The molecule has 0 aliphatic carbocycles. The topological polar surface area (TPSA) is 29.1 Å². The Morgan fingerprint density at radius 3 is 2.92 bits per heavy atom. The number of carbonyl (C=O) groups is 1. The molecular weight excluding hydrogens is 150 g/mol. The highest BCUT2D eigenvalue weighted by molar-refractivity contribution is 6.05. The Balaban J connectivity index is 2.63. The van der Waals surface area contributed by atoms with Gasteiger partial charge in [-0.1, -0.05) is 18.2 Å². The van der Waals surface area contributed by atoms with E-state index in [9.17, 15) is 4.79 Å². The van der Waals surface area contributed by atoms with Crippen LogP contribution in [0.2, 0.25) is 0 Å². The number of hydrogen-bond donors (Lipinski definition) is 1. The van der Waals surface area contributed by atoms with Gasteiger partial charge in [0.2, 0.25) is 5.91 Å². The summed E-state index contributed by atoms with van der Waals surface area (Å²) in [5.74, 6) is 0.0555. The first-order chi connectivity index (χ1) is 5.62. The molecule has 1 aromatic rings. The summed E-state index contributed by atoms with van der Waals surface area (Å²) >= 11 is 0. The van der Waals surface area contributed by atoms with E-state index in [2.05, 4.69) is 11.4 Å². The van der Waals surface area contributed by atoms with Crippen LogP contribution in [0.5, 0.6) is 0 Å². The molecule has 1 heterocycles. The number of fused-ring (bicyclic) bond motifs is 1. The minimum atomic E-state index is -0.396. The average Bonchev–Trinajstić information content (AvgIpc) is 2.25. The van der Waals surface area contributed by atoms with Gasteiger partial charge in [0.25, 0.3) is 0 Å². The molecule has 1 aromatic carbocycles. The Morgan fingerprint density at radius 2 is 2.25 bits per heavy atom. The third-order valence-electron chi connectivity index (χ3n) is 2.34. The summed E-state index contributed by atoms with van der Waals surface area (Å²) in [5.41, 5.74) is 1.47. The monoisotopic (exact) mass is 160 g/mol. The highest BCUT2D eigenvalue weighted by atomic mass is 16.2. The number of benzene rings is 1. The van der Waals surface area contributed by atoms with E-state index in [1.165, 1.54) is 0 Å². The molecule has 1 radical (unpaired) electrons. The van der Waals surface area contributed by atoms with E-state index in [0.29, 0.717) is 0 Å². The smallest absolute Gasteiger partial charge is 0.234 e. The van der Waals surface area contributed by atoms with E-state index in [4.69, 9.17) is 0 Å². The zero-order valence-corrected chi connectivity index (χ0v) is 7.14. The number of anilines is 1. The van der Waals surface area contributed by atoms with Gasteiger partial charge in [-0.2, -0.15) is 0 Å². The zero-order chi connectivity index (χ0) is 8.77. The van der Waals surface area contributed by atoms with Crippen molar-refractivity contribution in [3.63, 3.8) is 0 Å². The SMILES string of the molecule is CC1(C)C(=O)Nc2[c]cccc21. The third kappa shape index (κ3) is 0.779. The van der Waals surface area contributed by atoms with E-state index in [-0.39, 0.29) is 5.91 Å². The molecule has 0 saturated heterocycles. The van der Waals surface area contributed by atoms with Crippen molar-refractivity contribution in [2.75, 3.05) is 5.32 Å². The van der Waals surface area contributed by atoms with Gasteiger partial charge in [-0.3, -0.25) is 4.79 Å². The van der Waals surface area contributed by atoms with Crippen molar-refractivity contribution < 1.29 is 4.79 Å². The molecule has 61 valence electrons. The second kappa shape index (κ2) is 2.09. The standard InChI is InChI=1S/C10H10NO/c1-10(2)7-5-3-4-6-8(7)11-9(10)12/h3-5H,1-2H3,(H,11,12). The van der Waals surface area contributed by atoms with Crippen LogP contribution in [0.25, 0.3) is 0 Å².